The summed E-state index contributed by atoms with van der Waals surface area (Å²) in [5.74, 6) is 0.139. The number of carbonyl (C=O) groups is 1. The van der Waals surface area contributed by atoms with E-state index in [9.17, 15) is 4.79 Å². The zero-order valence-corrected chi connectivity index (χ0v) is 14.9. The molecule has 4 heterocycles. The lowest BCUT2D eigenvalue weighted by molar-refractivity contribution is 0.0952. The van der Waals surface area contributed by atoms with Crippen molar-refractivity contribution in [1.29, 1.82) is 0 Å². The molecule has 1 aliphatic heterocycles. The number of hydrogen-bond donors (Lipinski definition) is 2. The van der Waals surface area contributed by atoms with Crippen LogP contribution in [-0.2, 0) is 6.54 Å². The van der Waals surface area contributed by atoms with Gasteiger partial charge in [-0.05, 0) is 43.8 Å². The second kappa shape index (κ2) is 6.93. The number of nitrogens with zero attached hydrogens (tertiary/aromatic N) is 2. The van der Waals surface area contributed by atoms with Gasteiger partial charge in [-0.1, -0.05) is 11.2 Å². The Kier molecular flexibility index (Phi) is 4.50. The van der Waals surface area contributed by atoms with E-state index in [4.69, 9.17) is 4.52 Å². The maximum Gasteiger partial charge on any atom is 0.259 e. The van der Waals surface area contributed by atoms with Crippen molar-refractivity contribution in [2.75, 3.05) is 13.1 Å². The summed E-state index contributed by atoms with van der Waals surface area (Å²) < 4.78 is 5.46. The monoisotopic (exact) mass is 356 g/mol. The van der Waals surface area contributed by atoms with Crippen LogP contribution < -0.4 is 10.6 Å². The first-order valence-electron chi connectivity index (χ1n) is 8.50. The Hall–Kier alpha value is -2.25. The predicted molar refractivity (Wildman–Crippen MR) is 96.9 cm³/mol. The Morgan fingerprint density at radius 2 is 2.44 bits per heavy atom. The van der Waals surface area contributed by atoms with Gasteiger partial charge in [0.1, 0.15) is 0 Å². The van der Waals surface area contributed by atoms with Crippen LogP contribution in [0.5, 0.6) is 0 Å². The van der Waals surface area contributed by atoms with Crippen molar-refractivity contribution in [3.8, 4) is 0 Å². The van der Waals surface area contributed by atoms with E-state index < -0.39 is 0 Å². The van der Waals surface area contributed by atoms with E-state index in [1.807, 2.05) is 30.5 Å². The molecule has 1 amide bonds. The third-order valence-corrected chi connectivity index (χ3v) is 5.41. The lowest BCUT2D eigenvalue weighted by Crippen LogP contribution is -2.29. The van der Waals surface area contributed by atoms with Gasteiger partial charge >= 0.3 is 0 Å². The van der Waals surface area contributed by atoms with Crippen LogP contribution >= 0.6 is 11.3 Å². The normalized spacial score (nSPS) is 17.7. The van der Waals surface area contributed by atoms with Crippen LogP contribution in [0.2, 0.25) is 0 Å². The number of piperidine rings is 1. The number of nitrogens with one attached hydrogen (secondary N) is 2. The largest absolute Gasteiger partial charge is 0.347 e. The fraction of sp³-hybridized carbons (Fsp3) is 0.389. The highest BCUT2D eigenvalue weighted by atomic mass is 32.1. The average Bonchev–Trinajstić information content (AvgIpc) is 3.29. The van der Waals surface area contributed by atoms with Crippen LogP contribution in [0.15, 0.2) is 28.1 Å². The third kappa shape index (κ3) is 3.29. The van der Waals surface area contributed by atoms with Crippen LogP contribution in [0, 0.1) is 6.92 Å². The van der Waals surface area contributed by atoms with Crippen LogP contribution in [0.25, 0.3) is 11.1 Å². The van der Waals surface area contributed by atoms with Gasteiger partial charge < -0.3 is 15.2 Å². The highest BCUT2D eigenvalue weighted by Gasteiger charge is 2.26. The molecule has 0 radical (unpaired) electrons. The molecule has 3 aromatic rings. The smallest absolute Gasteiger partial charge is 0.259 e. The lowest BCUT2D eigenvalue weighted by Gasteiger charge is -2.21. The summed E-state index contributed by atoms with van der Waals surface area (Å²) >= 11 is 1.63. The van der Waals surface area contributed by atoms with Gasteiger partial charge in [0.25, 0.3) is 11.6 Å². The van der Waals surface area contributed by atoms with Gasteiger partial charge in [0, 0.05) is 23.0 Å². The van der Waals surface area contributed by atoms with Gasteiger partial charge in [-0.25, -0.2) is 4.98 Å². The van der Waals surface area contributed by atoms with Crippen molar-refractivity contribution in [2.45, 2.75) is 32.2 Å². The van der Waals surface area contributed by atoms with Crippen LogP contribution in [0.1, 0.15) is 45.4 Å². The molecule has 0 bridgehead atoms. The van der Waals surface area contributed by atoms with E-state index in [1.165, 1.54) is 0 Å². The van der Waals surface area contributed by atoms with Crippen molar-refractivity contribution >= 4 is 28.3 Å². The molecular weight excluding hydrogens is 336 g/mol. The fourth-order valence-corrected chi connectivity index (χ4v) is 3.96. The number of hydrogen-bond acceptors (Lipinski definition) is 6. The van der Waals surface area contributed by atoms with Crippen molar-refractivity contribution in [1.82, 2.24) is 20.8 Å². The van der Waals surface area contributed by atoms with Crippen molar-refractivity contribution < 1.29 is 9.32 Å². The first-order valence-corrected chi connectivity index (χ1v) is 9.38. The van der Waals surface area contributed by atoms with Crippen molar-refractivity contribution in [3.05, 3.63) is 45.4 Å². The fourth-order valence-electron chi connectivity index (χ4n) is 3.31. The van der Waals surface area contributed by atoms with Crippen LogP contribution in [-0.4, -0.2) is 29.1 Å². The molecular formula is C18H20N4O2S. The zero-order valence-electron chi connectivity index (χ0n) is 14.0. The van der Waals surface area contributed by atoms with Gasteiger partial charge in [0.2, 0.25) is 0 Å². The molecule has 1 fully saturated rings. The zero-order chi connectivity index (χ0) is 17.2. The minimum absolute atomic E-state index is 0.114. The molecule has 7 heteroatoms. The van der Waals surface area contributed by atoms with E-state index >= 15 is 0 Å². The van der Waals surface area contributed by atoms with E-state index in [-0.39, 0.29) is 11.8 Å². The summed E-state index contributed by atoms with van der Waals surface area (Å²) in [7, 11) is 0. The maximum absolute atomic E-state index is 12.8. The minimum atomic E-state index is -0.114. The molecule has 0 saturated carbocycles. The van der Waals surface area contributed by atoms with Crippen molar-refractivity contribution in [3.63, 3.8) is 0 Å². The molecule has 25 heavy (non-hydrogen) atoms. The number of rotatable bonds is 4. The average molecular weight is 356 g/mol. The Balaban J connectivity index is 1.68. The van der Waals surface area contributed by atoms with Crippen LogP contribution in [0.3, 0.4) is 0 Å². The van der Waals surface area contributed by atoms with E-state index in [2.05, 4.69) is 20.8 Å². The molecule has 1 atom stereocenters. The van der Waals surface area contributed by atoms with E-state index in [0.717, 1.165) is 47.6 Å². The molecule has 0 aromatic carbocycles. The van der Waals surface area contributed by atoms with Gasteiger partial charge in [0.05, 0.1) is 23.2 Å². The molecule has 2 N–H and O–H groups in total. The molecule has 0 aliphatic carbocycles. The van der Waals surface area contributed by atoms with E-state index in [1.54, 1.807) is 11.3 Å². The van der Waals surface area contributed by atoms with Gasteiger partial charge in [-0.15, -0.1) is 11.3 Å². The number of amides is 1. The van der Waals surface area contributed by atoms with Crippen LogP contribution in [0.4, 0.5) is 0 Å². The quantitative estimate of drug-likeness (QED) is 0.751. The molecule has 0 spiro atoms. The molecule has 4 rings (SSSR count). The Labute approximate surface area is 149 Å². The van der Waals surface area contributed by atoms with Gasteiger partial charge in [-0.2, -0.15) is 0 Å². The summed E-state index contributed by atoms with van der Waals surface area (Å²) in [6.45, 7) is 4.26. The molecule has 1 saturated heterocycles. The standard InChI is InChI=1S/C18H20N4O2S/c1-11-8-14(17(23)20-10-13-5-3-7-25-13)15-16(22-24-18(15)21-11)12-4-2-6-19-9-12/h3,5,7-8,12,19H,2,4,6,9-10H2,1H3,(H,20,23). The molecule has 3 aromatic heterocycles. The maximum atomic E-state index is 12.8. The molecule has 130 valence electrons. The second-order valence-corrected chi connectivity index (χ2v) is 7.40. The summed E-state index contributed by atoms with van der Waals surface area (Å²) in [5, 5.41) is 13.4. The number of pyridine rings is 1. The number of fused-ring (bicyclic) bond motifs is 1. The topological polar surface area (TPSA) is 80.0 Å². The first kappa shape index (κ1) is 16.2. The Morgan fingerprint density at radius 1 is 1.52 bits per heavy atom. The molecule has 1 aliphatic rings. The van der Waals surface area contributed by atoms with Crippen molar-refractivity contribution in [2.24, 2.45) is 0 Å². The summed E-state index contributed by atoms with van der Waals surface area (Å²) in [6, 6.07) is 5.81. The van der Waals surface area contributed by atoms with Gasteiger partial charge in [-0.3, -0.25) is 4.79 Å². The summed E-state index contributed by atoms with van der Waals surface area (Å²) in [6.07, 6.45) is 2.14. The highest BCUT2D eigenvalue weighted by Crippen LogP contribution is 2.31. The number of aromatic nitrogens is 2. The first-order chi connectivity index (χ1) is 12.2. The lowest BCUT2D eigenvalue weighted by atomic mass is 9.93. The number of thiophene rings is 1. The summed E-state index contributed by atoms with van der Waals surface area (Å²) in [5.41, 5.74) is 2.64. The molecule has 6 nitrogen and oxygen atoms in total. The Bertz CT molecular complexity index is 882. The predicted octanol–water partition coefficient (Wildman–Crippen LogP) is 2.99. The van der Waals surface area contributed by atoms with Gasteiger partial charge in [0.15, 0.2) is 0 Å². The molecule has 1 unspecified atom stereocenters. The number of carbonyl (C=O) groups excluding carboxylic acids is 1. The number of aryl methyl sites for hydroxylation is 1. The third-order valence-electron chi connectivity index (χ3n) is 4.53. The van der Waals surface area contributed by atoms with E-state index in [0.29, 0.717) is 17.8 Å². The Morgan fingerprint density at radius 3 is 3.20 bits per heavy atom. The highest BCUT2D eigenvalue weighted by molar-refractivity contribution is 7.09. The second-order valence-electron chi connectivity index (χ2n) is 6.36. The summed E-state index contributed by atoms with van der Waals surface area (Å²) in [4.78, 5) is 18.4. The SMILES string of the molecule is Cc1cc(C(=O)NCc2cccs2)c2c(C3CCCNC3)noc2n1. The minimum Gasteiger partial charge on any atom is -0.347 e.